The number of hydrogen-bond acceptors (Lipinski definition) is 4. The van der Waals surface area contributed by atoms with E-state index in [-0.39, 0.29) is 17.6 Å². The summed E-state index contributed by atoms with van der Waals surface area (Å²) in [5.41, 5.74) is 1.16. The van der Waals surface area contributed by atoms with Crippen LogP contribution >= 0.6 is 11.8 Å². The molecule has 7 heteroatoms. The SMILES string of the molecule is Cn1cc(SCC(=O)N2CCCC(CS(C)(=O)=O)C2)c2ccccc21. The van der Waals surface area contributed by atoms with Gasteiger partial charge in [-0.25, -0.2) is 8.42 Å². The molecule has 25 heavy (non-hydrogen) atoms. The number of carbonyl (C=O) groups excluding carboxylic acids is 1. The minimum Gasteiger partial charge on any atom is -0.349 e. The number of rotatable bonds is 5. The van der Waals surface area contributed by atoms with E-state index in [4.69, 9.17) is 0 Å². The zero-order valence-electron chi connectivity index (χ0n) is 14.6. The highest BCUT2D eigenvalue weighted by Crippen LogP contribution is 2.30. The molecule has 0 aliphatic carbocycles. The number of aromatic nitrogens is 1. The third kappa shape index (κ3) is 4.58. The van der Waals surface area contributed by atoms with Gasteiger partial charge < -0.3 is 9.47 Å². The molecule has 3 rings (SSSR count). The van der Waals surface area contributed by atoms with Crippen LogP contribution in [0.15, 0.2) is 35.4 Å². The van der Waals surface area contributed by atoms with Crippen LogP contribution in [-0.4, -0.2) is 54.6 Å². The van der Waals surface area contributed by atoms with E-state index in [9.17, 15) is 13.2 Å². The Balaban J connectivity index is 1.62. The van der Waals surface area contributed by atoms with Gasteiger partial charge in [0.05, 0.1) is 11.5 Å². The first-order chi connectivity index (χ1) is 11.8. The smallest absolute Gasteiger partial charge is 0.232 e. The third-order valence-corrected chi connectivity index (χ3v) is 6.73. The quantitative estimate of drug-likeness (QED) is 0.748. The Morgan fingerprint density at radius 3 is 2.84 bits per heavy atom. The van der Waals surface area contributed by atoms with E-state index in [1.165, 1.54) is 6.26 Å². The maximum atomic E-state index is 12.6. The number of hydrogen-bond donors (Lipinski definition) is 0. The molecule has 1 aliphatic rings. The Morgan fingerprint density at radius 1 is 1.32 bits per heavy atom. The van der Waals surface area contributed by atoms with Gasteiger partial charge in [0, 0.05) is 48.4 Å². The maximum Gasteiger partial charge on any atom is 0.232 e. The van der Waals surface area contributed by atoms with Crippen LogP contribution in [0.4, 0.5) is 0 Å². The van der Waals surface area contributed by atoms with E-state index >= 15 is 0 Å². The highest BCUT2D eigenvalue weighted by Gasteiger charge is 2.26. The molecule has 0 radical (unpaired) electrons. The summed E-state index contributed by atoms with van der Waals surface area (Å²) in [5, 5.41) is 1.16. The van der Waals surface area contributed by atoms with Gasteiger partial charge in [-0.15, -0.1) is 11.8 Å². The Bertz CT molecular complexity index is 874. The minimum atomic E-state index is -3.00. The van der Waals surface area contributed by atoms with Crippen LogP contribution in [0.2, 0.25) is 0 Å². The van der Waals surface area contributed by atoms with E-state index in [1.807, 2.05) is 24.1 Å². The number of benzene rings is 1. The van der Waals surface area contributed by atoms with Crippen molar-refractivity contribution in [2.75, 3.05) is 30.9 Å². The first kappa shape index (κ1) is 18.3. The highest BCUT2D eigenvalue weighted by molar-refractivity contribution is 8.00. The molecule has 1 amide bonds. The molecular formula is C18H24N2O3S2. The summed E-state index contributed by atoms with van der Waals surface area (Å²) >= 11 is 1.56. The van der Waals surface area contributed by atoms with Crippen LogP contribution in [0.5, 0.6) is 0 Å². The molecule has 0 spiro atoms. The van der Waals surface area contributed by atoms with Gasteiger partial charge >= 0.3 is 0 Å². The summed E-state index contributed by atoms with van der Waals surface area (Å²) < 4.78 is 25.1. The molecule has 0 bridgehead atoms. The van der Waals surface area contributed by atoms with Crippen molar-refractivity contribution in [3.63, 3.8) is 0 Å². The average molecular weight is 381 g/mol. The molecule has 1 saturated heterocycles. The number of fused-ring (bicyclic) bond motifs is 1. The lowest BCUT2D eigenvalue weighted by Gasteiger charge is -2.32. The highest BCUT2D eigenvalue weighted by atomic mass is 32.2. The number of likely N-dealkylation sites (tertiary alicyclic amines) is 1. The van der Waals surface area contributed by atoms with Gasteiger partial charge in [-0.05, 0) is 24.8 Å². The van der Waals surface area contributed by atoms with E-state index in [2.05, 4.69) is 22.9 Å². The Morgan fingerprint density at radius 2 is 2.08 bits per heavy atom. The van der Waals surface area contributed by atoms with E-state index in [0.717, 1.165) is 35.2 Å². The number of nitrogens with zero attached hydrogens (tertiary/aromatic N) is 2. The third-order valence-electron chi connectivity index (χ3n) is 4.62. The molecule has 1 aromatic carbocycles. The zero-order valence-corrected chi connectivity index (χ0v) is 16.3. The fraction of sp³-hybridized carbons (Fsp3) is 0.500. The number of carbonyl (C=O) groups is 1. The largest absolute Gasteiger partial charge is 0.349 e. The summed E-state index contributed by atoms with van der Waals surface area (Å²) in [6, 6.07) is 8.17. The van der Waals surface area contributed by atoms with Crippen molar-refractivity contribution < 1.29 is 13.2 Å². The fourth-order valence-corrected chi connectivity index (χ4v) is 5.66. The Hall–Kier alpha value is -1.47. The number of amides is 1. The molecule has 0 saturated carbocycles. The second-order valence-corrected chi connectivity index (χ2v) is 10.1. The van der Waals surface area contributed by atoms with Crippen molar-refractivity contribution in [3.05, 3.63) is 30.5 Å². The van der Waals surface area contributed by atoms with Gasteiger partial charge in [-0.3, -0.25) is 4.79 Å². The molecule has 1 unspecified atom stereocenters. The van der Waals surface area contributed by atoms with Gasteiger partial charge in [0.25, 0.3) is 0 Å². The van der Waals surface area contributed by atoms with Gasteiger partial charge in [-0.1, -0.05) is 18.2 Å². The van der Waals surface area contributed by atoms with Crippen LogP contribution in [0.25, 0.3) is 10.9 Å². The first-order valence-electron chi connectivity index (χ1n) is 8.46. The minimum absolute atomic E-state index is 0.0651. The molecule has 1 fully saturated rings. The summed E-state index contributed by atoms with van der Waals surface area (Å²) in [5.74, 6) is 0.721. The number of sulfone groups is 1. The second kappa shape index (κ2) is 7.41. The number of aryl methyl sites for hydroxylation is 1. The van der Waals surface area contributed by atoms with Gasteiger partial charge in [-0.2, -0.15) is 0 Å². The molecule has 0 N–H and O–H groups in total. The van der Waals surface area contributed by atoms with Crippen molar-refractivity contribution in [1.82, 2.24) is 9.47 Å². The zero-order chi connectivity index (χ0) is 18.0. The predicted octanol–water partition coefficient (Wildman–Crippen LogP) is 2.55. The lowest BCUT2D eigenvalue weighted by Crippen LogP contribution is -2.42. The molecular weight excluding hydrogens is 356 g/mol. The molecule has 2 aromatic rings. The molecule has 5 nitrogen and oxygen atoms in total. The average Bonchev–Trinajstić information content (AvgIpc) is 2.88. The second-order valence-electron chi connectivity index (χ2n) is 6.85. The van der Waals surface area contributed by atoms with Crippen LogP contribution < -0.4 is 0 Å². The molecule has 1 atom stereocenters. The van der Waals surface area contributed by atoms with Crippen LogP contribution in [-0.2, 0) is 21.7 Å². The topological polar surface area (TPSA) is 59.4 Å². The number of para-hydroxylation sites is 1. The van der Waals surface area contributed by atoms with Gasteiger partial charge in [0.15, 0.2) is 0 Å². The van der Waals surface area contributed by atoms with E-state index < -0.39 is 9.84 Å². The summed E-state index contributed by atoms with van der Waals surface area (Å²) in [6.07, 6.45) is 5.09. The first-order valence-corrected chi connectivity index (χ1v) is 11.5. The standard InChI is InChI=1S/C18H24N2O3S2/c1-19-11-17(15-7-3-4-8-16(15)19)24-12-18(21)20-9-5-6-14(10-20)13-25(2,22)23/h3-4,7-8,11,14H,5-6,9-10,12-13H2,1-2H3. The van der Waals surface area contributed by atoms with E-state index in [0.29, 0.717) is 12.3 Å². The predicted molar refractivity (Wildman–Crippen MR) is 103 cm³/mol. The van der Waals surface area contributed by atoms with Crippen molar-refractivity contribution >= 4 is 38.4 Å². The maximum absolute atomic E-state index is 12.6. The summed E-state index contributed by atoms with van der Waals surface area (Å²) in [6.45, 7) is 1.29. The lowest BCUT2D eigenvalue weighted by molar-refractivity contribution is -0.129. The fourth-order valence-electron chi connectivity index (χ4n) is 3.51. The van der Waals surface area contributed by atoms with Crippen molar-refractivity contribution in [2.24, 2.45) is 13.0 Å². The lowest BCUT2D eigenvalue weighted by atomic mass is 10.0. The van der Waals surface area contributed by atoms with Crippen molar-refractivity contribution in [2.45, 2.75) is 17.7 Å². The molecule has 1 aromatic heterocycles. The van der Waals surface area contributed by atoms with Crippen molar-refractivity contribution in [3.8, 4) is 0 Å². The van der Waals surface area contributed by atoms with Crippen LogP contribution in [0.1, 0.15) is 12.8 Å². The summed E-state index contributed by atoms with van der Waals surface area (Å²) in [4.78, 5) is 15.5. The molecule has 136 valence electrons. The summed E-state index contributed by atoms with van der Waals surface area (Å²) in [7, 11) is -0.987. The van der Waals surface area contributed by atoms with E-state index in [1.54, 1.807) is 11.8 Å². The van der Waals surface area contributed by atoms with Crippen LogP contribution in [0, 0.1) is 5.92 Å². The van der Waals surface area contributed by atoms with Crippen molar-refractivity contribution in [1.29, 1.82) is 0 Å². The monoisotopic (exact) mass is 380 g/mol. The Labute approximate surface area is 153 Å². The normalized spacial score (nSPS) is 18.6. The Kier molecular flexibility index (Phi) is 5.43. The molecule has 2 heterocycles. The number of piperidine rings is 1. The van der Waals surface area contributed by atoms with Gasteiger partial charge in [0.1, 0.15) is 9.84 Å². The van der Waals surface area contributed by atoms with Gasteiger partial charge in [0.2, 0.25) is 5.91 Å². The van der Waals surface area contributed by atoms with Crippen LogP contribution in [0.3, 0.4) is 0 Å². The number of thioether (sulfide) groups is 1. The molecule has 1 aliphatic heterocycles.